The first-order valence-corrected chi connectivity index (χ1v) is 7.51. The molecular weight excluding hydrogens is 278 g/mol. The largest absolute Gasteiger partial charge is 0.480 e. The molecule has 6 nitrogen and oxygen atoms in total. The van der Waals surface area contributed by atoms with E-state index < -0.39 is 24.8 Å². The van der Waals surface area contributed by atoms with Gasteiger partial charge in [0.05, 0.1) is 0 Å². The minimum Gasteiger partial charge on any atom is -0.480 e. The van der Waals surface area contributed by atoms with Gasteiger partial charge in [-0.15, -0.1) is 0 Å². The van der Waals surface area contributed by atoms with Crippen LogP contribution in [-0.2, 0) is 4.79 Å². The van der Waals surface area contributed by atoms with Gasteiger partial charge in [-0.2, -0.15) is 0 Å². The summed E-state index contributed by atoms with van der Waals surface area (Å²) in [4.78, 5) is 11.6. The van der Waals surface area contributed by atoms with E-state index in [-0.39, 0.29) is 36.5 Å². The lowest BCUT2D eigenvalue weighted by atomic mass is 9.75. The molecule has 120 valence electrons. The van der Waals surface area contributed by atoms with Gasteiger partial charge in [-0.25, -0.2) is 4.39 Å². The normalized spacial score (nSPS) is 42.0. The van der Waals surface area contributed by atoms with E-state index in [9.17, 15) is 14.3 Å². The quantitative estimate of drug-likeness (QED) is 0.427. The summed E-state index contributed by atoms with van der Waals surface area (Å²) in [7, 11) is 0.309. The summed E-state index contributed by atoms with van der Waals surface area (Å²) >= 11 is 0. The van der Waals surface area contributed by atoms with Crippen LogP contribution in [0.15, 0.2) is 0 Å². The monoisotopic (exact) mass is 302 g/mol. The van der Waals surface area contributed by atoms with Crippen LogP contribution in [0, 0.1) is 17.8 Å². The molecule has 2 rings (SSSR count). The van der Waals surface area contributed by atoms with Gasteiger partial charge in [-0.3, -0.25) is 4.79 Å². The Labute approximate surface area is 124 Å². The standard InChI is InChI=1S/C13H24BFN2O4/c1-17-10-5-7-8(11(10)15)6-13(16,12(18)19)9(7)3-2-4-14(20)21/h7-11,17,20-21H,2-6,16H2,1H3,(H,18,19). The molecule has 0 aromatic carbocycles. The minimum atomic E-state index is -1.40. The average Bonchev–Trinajstić information content (AvgIpc) is 2.85. The molecule has 0 saturated heterocycles. The van der Waals surface area contributed by atoms with Crippen molar-refractivity contribution in [3.05, 3.63) is 0 Å². The Balaban J connectivity index is 2.13. The SMILES string of the molecule is CNC1CC2C(CC(N)(C(=O)O)C2CCCB(O)O)C1F. The first-order chi connectivity index (χ1) is 9.81. The van der Waals surface area contributed by atoms with E-state index in [4.69, 9.17) is 15.8 Å². The first-order valence-electron chi connectivity index (χ1n) is 7.51. The maximum Gasteiger partial charge on any atom is 0.451 e. The number of aliphatic carboxylic acids is 1. The molecule has 2 fully saturated rings. The Bertz CT molecular complexity index is 400. The molecule has 0 aromatic heterocycles. The third kappa shape index (κ3) is 2.95. The number of hydrogen-bond donors (Lipinski definition) is 5. The van der Waals surface area contributed by atoms with Crippen LogP contribution in [0.2, 0.25) is 6.32 Å². The van der Waals surface area contributed by atoms with Crippen LogP contribution in [0.3, 0.4) is 0 Å². The van der Waals surface area contributed by atoms with Gasteiger partial charge in [0.25, 0.3) is 0 Å². The molecule has 2 saturated carbocycles. The van der Waals surface area contributed by atoms with Crippen molar-refractivity contribution in [3.63, 3.8) is 0 Å². The highest BCUT2D eigenvalue weighted by molar-refractivity contribution is 6.40. The number of nitrogens with two attached hydrogens (primary N) is 1. The van der Waals surface area contributed by atoms with Gasteiger partial charge in [0, 0.05) is 6.04 Å². The zero-order valence-corrected chi connectivity index (χ0v) is 12.2. The van der Waals surface area contributed by atoms with Crippen LogP contribution >= 0.6 is 0 Å². The molecule has 6 atom stereocenters. The number of hydrogen-bond acceptors (Lipinski definition) is 5. The van der Waals surface area contributed by atoms with Gasteiger partial charge in [0.2, 0.25) is 0 Å². The Morgan fingerprint density at radius 3 is 2.67 bits per heavy atom. The van der Waals surface area contributed by atoms with E-state index in [2.05, 4.69) is 5.32 Å². The average molecular weight is 302 g/mol. The van der Waals surface area contributed by atoms with E-state index >= 15 is 0 Å². The number of rotatable bonds is 6. The molecule has 21 heavy (non-hydrogen) atoms. The van der Waals surface area contributed by atoms with Crippen molar-refractivity contribution in [3.8, 4) is 0 Å². The Morgan fingerprint density at radius 2 is 2.14 bits per heavy atom. The highest BCUT2D eigenvalue weighted by atomic mass is 19.1. The molecule has 6 unspecified atom stereocenters. The van der Waals surface area contributed by atoms with Crippen molar-refractivity contribution in [2.75, 3.05) is 7.05 Å². The Kier molecular flexibility index (Phi) is 4.92. The lowest BCUT2D eigenvalue weighted by Crippen LogP contribution is -2.53. The van der Waals surface area contributed by atoms with Crippen molar-refractivity contribution in [1.29, 1.82) is 0 Å². The van der Waals surface area contributed by atoms with Gasteiger partial charge in [-0.1, -0.05) is 6.42 Å². The molecule has 0 bridgehead atoms. The third-order valence-corrected chi connectivity index (χ3v) is 5.37. The summed E-state index contributed by atoms with van der Waals surface area (Å²) < 4.78 is 14.4. The van der Waals surface area contributed by atoms with Gasteiger partial charge in [0.15, 0.2) is 0 Å². The van der Waals surface area contributed by atoms with E-state index in [1.807, 2.05) is 0 Å². The minimum absolute atomic E-state index is 0.0608. The molecule has 6 N–H and O–H groups in total. The van der Waals surface area contributed by atoms with Crippen molar-refractivity contribution < 1.29 is 24.3 Å². The van der Waals surface area contributed by atoms with Crippen LogP contribution in [0.1, 0.15) is 25.7 Å². The number of carboxylic acids is 1. The number of nitrogens with one attached hydrogen (secondary N) is 1. The van der Waals surface area contributed by atoms with Crippen molar-refractivity contribution >= 4 is 13.1 Å². The van der Waals surface area contributed by atoms with Crippen molar-refractivity contribution in [2.45, 2.75) is 49.8 Å². The summed E-state index contributed by atoms with van der Waals surface area (Å²) in [5.41, 5.74) is 4.69. The summed E-state index contributed by atoms with van der Waals surface area (Å²) in [5.74, 6) is -1.79. The molecule has 0 amide bonds. The van der Waals surface area contributed by atoms with Crippen LogP contribution in [0.4, 0.5) is 4.39 Å². The van der Waals surface area contributed by atoms with Gasteiger partial charge in [0.1, 0.15) is 11.7 Å². The maximum absolute atomic E-state index is 14.4. The number of alkyl halides is 1. The number of halogens is 1. The number of fused-ring (bicyclic) bond motifs is 1. The molecule has 0 radical (unpaired) electrons. The summed E-state index contributed by atoms with van der Waals surface area (Å²) in [5, 5.41) is 30.2. The number of carbonyl (C=O) groups is 1. The molecule has 0 heterocycles. The molecular formula is C13H24BFN2O4. The predicted octanol–water partition coefficient (Wildman–Crippen LogP) is -0.396. The highest BCUT2D eigenvalue weighted by Gasteiger charge is 2.61. The van der Waals surface area contributed by atoms with E-state index in [1.54, 1.807) is 7.05 Å². The second-order valence-electron chi connectivity index (χ2n) is 6.47. The fraction of sp³-hybridized carbons (Fsp3) is 0.923. The van der Waals surface area contributed by atoms with E-state index in [1.165, 1.54) is 0 Å². The molecule has 0 aliphatic heterocycles. The van der Waals surface area contributed by atoms with Crippen LogP contribution < -0.4 is 11.1 Å². The van der Waals surface area contributed by atoms with Gasteiger partial charge >= 0.3 is 13.1 Å². The molecule has 8 heteroatoms. The lowest BCUT2D eigenvalue weighted by Gasteiger charge is -2.31. The predicted molar refractivity (Wildman–Crippen MR) is 76.2 cm³/mol. The van der Waals surface area contributed by atoms with Crippen LogP contribution in [-0.4, -0.2) is 53.0 Å². The fourth-order valence-corrected chi connectivity index (χ4v) is 4.30. The van der Waals surface area contributed by atoms with Crippen molar-refractivity contribution in [2.24, 2.45) is 23.5 Å². The highest BCUT2D eigenvalue weighted by Crippen LogP contribution is 2.54. The molecule has 2 aliphatic rings. The zero-order valence-electron chi connectivity index (χ0n) is 12.2. The Morgan fingerprint density at radius 1 is 1.48 bits per heavy atom. The van der Waals surface area contributed by atoms with E-state index in [0.717, 1.165) is 0 Å². The smallest absolute Gasteiger partial charge is 0.451 e. The van der Waals surface area contributed by atoms with Crippen LogP contribution in [0.5, 0.6) is 0 Å². The zero-order chi connectivity index (χ0) is 15.8. The van der Waals surface area contributed by atoms with E-state index in [0.29, 0.717) is 19.3 Å². The lowest BCUT2D eigenvalue weighted by molar-refractivity contribution is -0.145. The molecule has 2 aliphatic carbocycles. The van der Waals surface area contributed by atoms with Crippen LogP contribution in [0.25, 0.3) is 0 Å². The summed E-state index contributed by atoms with van der Waals surface area (Å²) in [6.07, 6.45) is 0.789. The topological polar surface area (TPSA) is 116 Å². The van der Waals surface area contributed by atoms with Crippen molar-refractivity contribution in [1.82, 2.24) is 5.32 Å². The fourth-order valence-electron chi connectivity index (χ4n) is 4.30. The van der Waals surface area contributed by atoms with Gasteiger partial charge < -0.3 is 26.2 Å². The second kappa shape index (κ2) is 6.20. The Hall–Kier alpha value is -0.695. The summed E-state index contributed by atoms with van der Waals surface area (Å²) in [6.45, 7) is 0. The molecule has 0 aromatic rings. The number of carboxylic acid groups (broad SMARTS) is 1. The third-order valence-electron chi connectivity index (χ3n) is 5.37. The van der Waals surface area contributed by atoms with Gasteiger partial charge in [-0.05, 0) is 50.4 Å². The second-order valence-corrected chi connectivity index (χ2v) is 6.47. The maximum atomic E-state index is 14.4. The first kappa shape index (κ1) is 16.7. The molecule has 0 spiro atoms. The summed E-state index contributed by atoms with van der Waals surface area (Å²) in [6, 6.07) is -0.246.